The predicted octanol–water partition coefficient (Wildman–Crippen LogP) is 4.21. The van der Waals surface area contributed by atoms with Crippen molar-refractivity contribution in [3.8, 4) is 5.75 Å². The molecule has 0 radical (unpaired) electrons. The van der Waals surface area contributed by atoms with Crippen molar-refractivity contribution < 1.29 is 19.1 Å². The first-order chi connectivity index (χ1) is 11.1. The second-order valence-electron chi connectivity index (χ2n) is 7.95. The van der Waals surface area contributed by atoms with Crippen LogP contribution < -0.4 is 4.74 Å². The van der Waals surface area contributed by atoms with Gasteiger partial charge in [-0.1, -0.05) is 39.0 Å². The van der Waals surface area contributed by atoms with E-state index in [4.69, 9.17) is 9.16 Å². The standard InChI is InChI=1S/C18H29NO4Si/c1-18(2,3)24(4,5)23-16-11-14(19(12-16)17(20)21)13-22-15-9-7-6-8-10-15/h6-10,14,16H,11-13H2,1-5H3,(H,20,21)/t14-,16+/m1/s1. The van der Waals surface area contributed by atoms with Crippen LogP contribution in [0.1, 0.15) is 27.2 Å². The molecule has 0 unspecified atom stereocenters. The van der Waals surface area contributed by atoms with Gasteiger partial charge in [-0.25, -0.2) is 4.79 Å². The lowest BCUT2D eigenvalue weighted by atomic mass is 10.2. The Morgan fingerprint density at radius 1 is 1.29 bits per heavy atom. The van der Waals surface area contributed by atoms with Gasteiger partial charge in [-0.2, -0.15) is 0 Å². The highest BCUT2D eigenvalue weighted by molar-refractivity contribution is 6.74. The number of para-hydroxylation sites is 1. The van der Waals surface area contributed by atoms with E-state index in [-0.39, 0.29) is 17.2 Å². The van der Waals surface area contributed by atoms with Crippen LogP contribution in [0.4, 0.5) is 4.79 Å². The van der Waals surface area contributed by atoms with Crippen LogP contribution in [0.5, 0.6) is 5.75 Å². The Bertz CT molecular complexity index is 556. The van der Waals surface area contributed by atoms with Gasteiger partial charge in [0.1, 0.15) is 12.4 Å². The maximum absolute atomic E-state index is 11.6. The van der Waals surface area contributed by atoms with E-state index in [1.54, 1.807) is 0 Å². The third kappa shape index (κ3) is 4.51. The number of amides is 1. The van der Waals surface area contributed by atoms with Crippen molar-refractivity contribution in [3.63, 3.8) is 0 Å². The topological polar surface area (TPSA) is 59.0 Å². The van der Waals surface area contributed by atoms with Crippen molar-refractivity contribution in [2.45, 2.75) is 57.5 Å². The third-order valence-corrected chi connectivity index (χ3v) is 9.61. The van der Waals surface area contributed by atoms with Crippen LogP contribution in [-0.2, 0) is 4.43 Å². The molecular weight excluding hydrogens is 322 g/mol. The SMILES string of the molecule is CC(C)(C)[Si](C)(C)O[C@H]1C[C@H](COc2ccccc2)N(C(=O)O)C1. The second kappa shape index (κ2) is 7.15. The molecule has 1 aliphatic rings. The van der Waals surface area contributed by atoms with Crippen molar-refractivity contribution in [2.24, 2.45) is 0 Å². The molecule has 1 aromatic rings. The number of hydrogen-bond acceptors (Lipinski definition) is 3. The Hall–Kier alpha value is -1.53. The number of benzene rings is 1. The van der Waals surface area contributed by atoms with Gasteiger partial charge in [0, 0.05) is 6.54 Å². The molecule has 1 saturated heterocycles. The molecule has 134 valence electrons. The van der Waals surface area contributed by atoms with Crippen LogP contribution in [0.25, 0.3) is 0 Å². The lowest BCUT2D eigenvalue weighted by Crippen LogP contribution is -2.44. The summed E-state index contributed by atoms with van der Waals surface area (Å²) >= 11 is 0. The predicted molar refractivity (Wildman–Crippen MR) is 97.1 cm³/mol. The summed E-state index contributed by atoms with van der Waals surface area (Å²) in [6, 6.07) is 9.32. The molecule has 0 spiro atoms. The average molecular weight is 352 g/mol. The molecule has 2 atom stereocenters. The Kier molecular flexibility index (Phi) is 5.60. The summed E-state index contributed by atoms with van der Waals surface area (Å²) in [6.07, 6.45) is -0.268. The molecule has 1 heterocycles. The molecule has 0 aliphatic carbocycles. The van der Waals surface area contributed by atoms with Crippen molar-refractivity contribution in [3.05, 3.63) is 30.3 Å². The van der Waals surface area contributed by atoms with Crippen LogP contribution in [0.3, 0.4) is 0 Å². The zero-order valence-corrected chi connectivity index (χ0v) is 16.3. The first-order valence-electron chi connectivity index (χ1n) is 8.45. The van der Waals surface area contributed by atoms with E-state index < -0.39 is 14.4 Å². The maximum atomic E-state index is 11.6. The number of hydrogen-bond donors (Lipinski definition) is 1. The Balaban J connectivity index is 1.99. The smallest absolute Gasteiger partial charge is 0.407 e. The lowest BCUT2D eigenvalue weighted by Gasteiger charge is -2.38. The Morgan fingerprint density at radius 2 is 1.92 bits per heavy atom. The van der Waals surface area contributed by atoms with Crippen LogP contribution in [0.15, 0.2) is 30.3 Å². The van der Waals surface area contributed by atoms with Gasteiger partial charge < -0.3 is 14.3 Å². The first-order valence-corrected chi connectivity index (χ1v) is 11.4. The fourth-order valence-electron chi connectivity index (χ4n) is 2.65. The third-order valence-electron chi connectivity index (χ3n) is 5.07. The van der Waals surface area contributed by atoms with Gasteiger partial charge in [-0.3, -0.25) is 4.90 Å². The minimum absolute atomic E-state index is 0.0497. The summed E-state index contributed by atoms with van der Waals surface area (Å²) in [6.45, 7) is 11.8. The lowest BCUT2D eigenvalue weighted by molar-refractivity contribution is 0.120. The zero-order chi connectivity index (χ0) is 18.0. The molecule has 1 aliphatic heterocycles. The molecule has 1 fully saturated rings. The summed E-state index contributed by atoms with van der Waals surface area (Å²) in [7, 11) is -1.91. The molecule has 1 N–H and O–H groups in total. The van der Waals surface area contributed by atoms with Crippen LogP contribution in [0, 0.1) is 0 Å². The summed E-state index contributed by atoms with van der Waals surface area (Å²) in [5, 5.41) is 9.59. The van der Waals surface area contributed by atoms with E-state index in [9.17, 15) is 9.90 Å². The van der Waals surface area contributed by atoms with Crippen molar-refractivity contribution in [2.75, 3.05) is 13.2 Å². The minimum Gasteiger partial charge on any atom is -0.491 e. The maximum Gasteiger partial charge on any atom is 0.407 e. The number of carboxylic acid groups (broad SMARTS) is 1. The number of rotatable bonds is 5. The van der Waals surface area contributed by atoms with Gasteiger partial charge in [0.15, 0.2) is 8.32 Å². The molecule has 0 bridgehead atoms. The fourth-order valence-corrected chi connectivity index (χ4v) is 4.01. The van der Waals surface area contributed by atoms with Gasteiger partial charge in [-0.15, -0.1) is 0 Å². The molecule has 0 saturated carbocycles. The van der Waals surface area contributed by atoms with E-state index in [2.05, 4.69) is 33.9 Å². The van der Waals surface area contributed by atoms with E-state index in [0.717, 1.165) is 5.75 Å². The number of ether oxygens (including phenoxy) is 1. The average Bonchev–Trinajstić information content (AvgIpc) is 2.87. The van der Waals surface area contributed by atoms with Crippen LogP contribution in [-0.4, -0.2) is 49.7 Å². The Morgan fingerprint density at radius 3 is 2.46 bits per heavy atom. The van der Waals surface area contributed by atoms with Gasteiger partial charge in [-0.05, 0) is 36.7 Å². The Labute approximate surface area is 145 Å². The highest BCUT2D eigenvalue weighted by Gasteiger charge is 2.43. The van der Waals surface area contributed by atoms with E-state index in [0.29, 0.717) is 19.6 Å². The van der Waals surface area contributed by atoms with Crippen molar-refractivity contribution >= 4 is 14.4 Å². The van der Waals surface area contributed by atoms with E-state index in [1.165, 1.54) is 4.90 Å². The van der Waals surface area contributed by atoms with Gasteiger partial charge in [0.05, 0.1) is 12.1 Å². The van der Waals surface area contributed by atoms with E-state index in [1.807, 2.05) is 30.3 Å². The van der Waals surface area contributed by atoms with Crippen molar-refractivity contribution in [1.82, 2.24) is 4.90 Å². The van der Waals surface area contributed by atoms with Gasteiger partial charge >= 0.3 is 6.09 Å². The highest BCUT2D eigenvalue weighted by Crippen LogP contribution is 2.38. The van der Waals surface area contributed by atoms with Crippen molar-refractivity contribution in [1.29, 1.82) is 0 Å². The van der Waals surface area contributed by atoms with Gasteiger partial charge in [0.25, 0.3) is 0 Å². The normalized spacial score (nSPS) is 21.8. The number of likely N-dealkylation sites (tertiary alicyclic amines) is 1. The number of carbonyl (C=O) groups is 1. The molecular formula is C18H29NO4Si. The molecule has 24 heavy (non-hydrogen) atoms. The number of nitrogens with zero attached hydrogens (tertiary/aromatic N) is 1. The zero-order valence-electron chi connectivity index (χ0n) is 15.3. The summed E-state index contributed by atoms with van der Waals surface area (Å²) in [5.74, 6) is 0.761. The highest BCUT2D eigenvalue weighted by atomic mass is 28.4. The fraction of sp³-hybridized carbons (Fsp3) is 0.611. The summed E-state index contributed by atoms with van der Waals surface area (Å²) in [4.78, 5) is 13.0. The van der Waals surface area contributed by atoms with Crippen LogP contribution in [0.2, 0.25) is 18.1 Å². The monoisotopic (exact) mass is 351 g/mol. The van der Waals surface area contributed by atoms with Gasteiger partial charge in [0.2, 0.25) is 0 Å². The van der Waals surface area contributed by atoms with E-state index >= 15 is 0 Å². The molecule has 1 aromatic carbocycles. The molecule has 5 nitrogen and oxygen atoms in total. The quantitative estimate of drug-likeness (QED) is 0.807. The minimum atomic E-state index is -1.91. The molecule has 0 aromatic heterocycles. The largest absolute Gasteiger partial charge is 0.491 e. The van der Waals surface area contributed by atoms with Crippen LogP contribution >= 0.6 is 0 Å². The summed E-state index contributed by atoms with van der Waals surface area (Å²) < 4.78 is 12.2. The molecule has 2 rings (SSSR count). The first kappa shape index (κ1) is 18.8. The molecule has 6 heteroatoms. The summed E-state index contributed by atoms with van der Waals surface area (Å²) in [5.41, 5.74) is 0. The second-order valence-corrected chi connectivity index (χ2v) is 12.7. The molecule has 1 amide bonds.